The fourth-order valence-corrected chi connectivity index (χ4v) is 0.939. The van der Waals surface area contributed by atoms with Gasteiger partial charge in [-0.3, -0.25) is 4.84 Å². The van der Waals surface area contributed by atoms with Crippen molar-refractivity contribution in [3.8, 4) is 0 Å². The zero-order valence-electron chi connectivity index (χ0n) is 8.79. The SMILES string of the molecule is O=C(OCC(CO)ONC1CNC1)C(F)(F)F. The predicted octanol–water partition coefficient (Wildman–Crippen LogP) is -1.05. The number of halogens is 3. The largest absolute Gasteiger partial charge is 0.490 e. The molecule has 1 atom stereocenters. The summed E-state index contributed by atoms with van der Waals surface area (Å²) in [5.41, 5.74) is 2.54. The van der Waals surface area contributed by atoms with E-state index in [-0.39, 0.29) is 6.04 Å². The Balaban J connectivity index is 2.19. The number of carbonyl (C=O) groups excluding carboxylic acids is 1. The van der Waals surface area contributed by atoms with Gasteiger partial charge in [-0.2, -0.15) is 18.7 Å². The summed E-state index contributed by atoms with van der Waals surface area (Å²) in [5, 5.41) is 11.7. The van der Waals surface area contributed by atoms with Crippen molar-refractivity contribution in [1.29, 1.82) is 0 Å². The highest BCUT2D eigenvalue weighted by atomic mass is 19.4. The summed E-state index contributed by atoms with van der Waals surface area (Å²) in [4.78, 5) is 15.2. The number of esters is 1. The van der Waals surface area contributed by atoms with Crippen molar-refractivity contribution < 1.29 is 32.6 Å². The van der Waals surface area contributed by atoms with E-state index in [4.69, 9.17) is 9.94 Å². The number of ether oxygens (including phenoxy) is 1. The molecule has 3 N–H and O–H groups in total. The predicted molar refractivity (Wildman–Crippen MR) is 48.8 cm³/mol. The molecule has 100 valence electrons. The van der Waals surface area contributed by atoms with Gasteiger partial charge in [0.15, 0.2) is 0 Å². The zero-order valence-corrected chi connectivity index (χ0v) is 8.79. The van der Waals surface area contributed by atoms with Crippen molar-refractivity contribution in [3.63, 3.8) is 0 Å². The number of hydrogen-bond donors (Lipinski definition) is 3. The first-order chi connectivity index (χ1) is 7.93. The number of nitrogens with one attached hydrogen (secondary N) is 2. The molecular weight excluding hydrogens is 245 g/mol. The smallest absolute Gasteiger partial charge is 0.456 e. The molecule has 9 heteroatoms. The summed E-state index contributed by atoms with van der Waals surface area (Å²) in [6.07, 6.45) is -6.06. The van der Waals surface area contributed by atoms with E-state index in [0.717, 1.165) is 0 Å². The molecule has 0 aromatic rings. The van der Waals surface area contributed by atoms with E-state index in [2.05, 4.69) is 15.5 Å². The first-order valence-electron chi connectivity index (χ1n) is 4.90. The average molecular weight is 258 g/mol. The Hall–Kier alpha value is -0.900. The van der Waals surface area contributed by atoms with E-state index in [1.165, 1.54) is 0 Å². The van der Waals surface area contributed by atoms with Gasteiger partial charge in [-0.1, -0.05) is 0 Å². The molecule has 0 spiro atoms. The Morgan fingerprint density at radius 1 is 1.53 bits per heavy atom. The van der Waals surface area contributed by atoms with Crippen molar-refractivity contribution in [2.75, 3.05) is 26.3 Å². The minimum Gasteiger partial charge on any atom is -0.456 e. The normalized spacial score (nSPS) is 18.6. The first kappa shape index (κ1) is 14.2. The van der Waals surface area contributed by atoms with Gasteiger partial charge >= 0.3 is 12.1 Å². The molecule has 0 bridgehead atoms. The molecule has 1 heterocycles. The van der Waals surface area contributed by atoms with Crippen LogP contribution in [-0.4, -0.2) is 55.7 Å². The molecule has 0 radical (unpaired) electrons. The second-order valence-corrected chi connectivity index (χ2v) is 3.49. The van der Waals surface area contributed by atoms with Crippen LogP contribution in [0.25, 0.3) is 0 Å². The van der Waals surface area contributed by atoms with Gasteiger partial charge in [0.25, 0.3) is 0 Å². The number of hydrogen-bond acceptors (Lipinski definition) is 6. The van der Waals surface area contributed by atoms with Gasteiger partial charge < -0.3 is 15.2 Å². The van der Waals surface area contributed by atoms with Gasteiger partial charge in [0, 0.05) is 13.1 Å². The molecule has 1 saturated heterocycles. The van der Waals surface area contributed by atoms with Crippen molar-refractivity contribution >= 4 is 5.97 Å². The average Bonchev–Trinajstić information content (AvgIpc) is 2.18. The third-order valence-electron chi connectivity index (χ3n) is 2.02. The molecule has 1 fully saturated rings. The molecule has 1 aliphatic heterocycles. The van der Waals surface area contributed by atoms with Crippen LogP contribution in [0.5, 0.6) is 0 Å². The highest BCUT2D eigenvalue weighted by Crippen LogP contribution is 2.16. The topological polar surface area (TPSA) is 79.8 Å². The lowest BCUT2D eigenvalue weighted by Crippen LogP contribution is -2.56. The molecule has 0 saturated carbocycles. The van der Waals surface area contributed by atoms with Crippen molar-refractivity contribution in [1.82, 2.24) is 10.8 Å². The lowest BCUT2D eigenvalue weighted by atomic mass is 10.2. The Kier molecular flexibility index (Phi) is 5.12. The fourth-order valence-electron chi connectivity index (χ4n) is 0.939. The molecule has 17 heavy (non-hydrogen) atoms. The van der Waals surface area contributed by atoms with Crippen LogP contribution in [0.3, 0.4) is 0 Å². The third kappa shape index (κ3) is 4.86. The maximum Gasteiger partial charge on any atom is 0.490 e. The minimum absolute atomic E-state index is 0.0439. The number of aliphatic hydroxyl groups excluding tert-OH is 1. The summed E-state index contributed by atoms with van der Waals surface area (Å²) < 4.78 is 39.3. The first-order valence-corrected chi connectivity index (χ1v) is 4.90. The van der Waals surface area contributed by atoms with Crippen LogP contribution in [-0.2, 0) is 14.4 Å². The molecule has 1 rings (SSSR count). The second-order valence-electron chi connectivity index (χ2n) is 3.49. The lowest BCUT2D eigenvalue weighted by Gasteiger charge is -2.29. The lowest BCUT2D eigenvalue weighted by molar-refractivity contribution is -0.205. The quantitative estimate of drug-likeness (QED) is 0.416. The minimum atomic E-state index is -5.04. The van der Waals surface area contributed by atoms with Crippen LogP contribution in [0.2, 0.25) is 0 Å². The van der Waals surface area contributed by atoms with Gasteiger partial charge in [0.1, 0.15) is 12.7 Å². The molecule has 0 amide bonds. The number of aliphatic hydroxyl groups is 1. The van der Waals surface area contributed by atoms with Crippen LogP contribution < -0.4 is 10.8 Å². The van der Waals surface area contributed by atoms with Crippen LogP contribution in [0.4, 0.5) is 13.2 Å². The highest BCUT2D eigenvalue weighted by molar-refractivity contribution is 5.75. The number of carbonyl (C=O) groups is 1. The molecule has 6 nitrogen and oxygen atoms in total. The molecule has 1 unspecified atom stereocenters. The Morgan fingerprint density at radius 3 is 2.59 bits per heavy atom. The molecule has 0 aliphatic carbocycles. The van der Waals surface area contributed by atoms with Crippen molar-refractivity contribution in [3.05, 3.63) is 0 Å². The van der Waals surface area contributed by atoms with Gasteiger partial charge in [0.2, 0.25) is 0 Å². The van der Waals surface area contributed by atoms with Gasteiger partial charge in [-0.05, 0) is 0 Å². The molecular formula is C8H13F3N2O4. The summed E-state index contributed by atoms with van der Waals surface area (Å²) >= 11 is 0. The van der Waals surface area contributed by atoms with E-state index in [9.17, 15) is 18.0 Å². The summed E-state index contributed by atoms with van der Waals surface area (Å²) in [7, 11) is 0. The third-order valence-corrected chi connectivity index (χ3v) is 2.02. The van der Waals surface area contributed by atoms with Crippen molar-refractivity contribution in [2.24, 2.45) is 0 Å². The van der Waals surface area contributed by atoms with Crippen LogP contribution >= 0.6 is 0 Å². The molecule has 1 aliphatic rings. The Labute approximate surface area is 95.0 Å². The maximum absolute atomic E-state index is 11.8. The van der Waals surface area contributed by atoms with Crippen LogP contribution in [0, 0.1) is 0 Å². The van der Waals surface area contributed by atoms with E-state index < -0.39 is 31.5 Å². The van der Waals surface area contributed by atoms with Gasteiger partial charge in [0.05, 0.1) is 12.6 Å². The fraction of sp³-hybridized carbons (Fsp3) is 0.875. The Morgan fingerprint density at radius 2 is 2.18 bits per heavy atom. The van der Waals surface area contributed by atoms with Crippen LogP contribution in [0.15, 0.2) is 0 Å². The van der Waals surface area contributed by atoms with Gasteiger partial charge in [-0.25, -0.2) is 4.79 Å². The van der Waals surface area contributed by atoms with Crippen molar-refractivity contribution in [2.45, 2.75) is 18.3 Å². The van der Waals surface area contributed by atoms with Gasteiger partial charge in [-0.15, -0.1) is 0 Å². The monoisotopic (exact) mass is 258 g/mol. The summed E-state index contributed by atoms with van der Waals surface area (Å²) in [6, 6.07) is 0.0439. The summed E-state index contributed by atoms with van der Waals surface area (Å²) in [6.45, 7) is 0.112. The number of hydroxylamine groups is 1. The number of rotatable bonds is 6. The Bertz CT molecular complexity index is 258. The number of alkyl halides is 3. The van der Waals surface area contributed by atoms with E-state index in [1.807, 2.05) is 0 Å². The van der Waals surface area contributed by atoms with E-state index in [1.54, 1.807) is 0 Å². The zero-order chi connectivity index (χ0) is 12.9. The van der Waals surface area contributed by atoms with E-state index in [0.29, 0.717) is 13.1 Å². The van der Waals surface area contributed by atoms with E-state index >= 15 is 0 Å². The van der Waals surface area contributed by atoms with Crippen LogP contribution in [0.1, 0.15) is 0 Å². The maximum atomic E-state index is 11.8. The molecule has 0 aromatic heterocycles. The highest BCUT2D eigenvalue weighted by Gasteiger charge is 2.41. The standard InChI is InChI=1S/C8H13F3N2O4/c9-8(10,11)7(15)16-4-6(3-14)17-13-5-1-12-2-5/h5-6,12-14H,1-4H2. The summed E-state index contributed by atoms with van der Waals surface area (Å²) in [5.74, 6) is -2.30. The molecule has 0 aromatic carbocycles. The second kappa shape index (κ2) is 6.15.